The fourth-order valence-corrected chi connectivity index (χ4v) is 10.5. The van der Waals surface area contributed by atoms with Gasteiger partial charge in [-0.05, 0) is 112 Å². The van der Waals surface area contributed by atoms with E-state index < -0.39 is 119 Å². The Morgan fingerprint density at radius 3 is 1.21 bits per heavy atom. The van der Waals surface area contributed by atoms with Crippen LogP contribution in [0.4, 0.5) is 0 Å². The molecule has 2 aromatic carbocycles. The molecular weight excluding hydrogens is 1020 g/mol. The highest BCUT2D eigenvalue weighted by Crippen LogP contribution is 2.34. The summed E-state index contributed by atoms with van der Waals surface area (Å²) in [5, 5.41) is 45.5. The summed E-state index contributed by atoms with van der Waals surface area (Å²) in [6.07, 6.45) is -0.100. The van der Waals surface area contributed by atoms with Crippen molar-refractivity contribution in [3.05, 3.63) is 70.8 Å². The number of amides is 8. The smallest absolute Gasteiger partial charge is 0.252 e. The lowest BCUT2D eigenvalue weighted by atomic mass is 9.85. The molecule has 2 aromatic rings. The van der Waals surface area contributed by atoms with Gasteiger partial charge in [-0.1, -0.05) is 90.1 Å². The summed E-state index contributed by atoms with van der Waals surface area (Å²) in [4.78, 5) is 115. The Balaban J connectivity index is 0.00000624. The lowest BCUT2D eigenvalue weighted by Crippen LogP contribution is -2.60. The van der Waals surface area contributed by atoms with Crippen LogP contribution in [0, 0.1) is 10.8 Å². The molecule has 2 aliphatic heterocycles. The molecule has 8 amide bonds. The van der Waals surface area contributed by atoms with Crippen molar-refractivity contribution in [2.75, 3.05) is 27.2 Å². The predicted octanol–water partition coefficient (Wildman–Crippen LogP) is 1.39. The maximum Gasteiger partial charge on any atom is 0.252 e. The van der Waals surface area contributed by atoms with Gasteiger partial charge in [0, 0.05) is 25.2 Å². The Hall–Kier alpha value is -5.38. The number of aliphatic hydroxyl groups excluding tert-OH is 2. The zero-order valence-electron chi connectivity index (χ0n) is 45.5. The highest BCUT2D eigenvalue weighted by molar-refractivity contribution is 5.96. The summed E-state index contributed by atoms with van der Waals surface area (Å²) in [6.45, 7) is 13.6. The van der Waals surface area contributed by atoms with E-state index in [1.54, 1.807) is 69.5 Å². The van der Waals surface area contributed by atoms with Gasteiger partial charge in [-0.15, -0.1) is 24.8 Å². The predicted molar refractivity (Wildman–Crippen MR) is 291 cm³/mol. The van der Waals surface area contributed by atoms with Gasteiger partial charge in [0.05, 0.1) is 24.2 Å². The van der Waals surface area contributed by atoms with Gasteiger partial charge in [0.2, 0.25) is 35.4 Å². The van der Waals surface area contributed by atoms with Crippen LogP contribution in [0.2, 0.25) is 0 Å². The Bertz CT molecular complexity index is 2250. The van der Waals surface area contributed by atoms with E-state index in [0.717, 1.165) is 47.9 Å². The molecule has 0 unspecified atom stereocenters. The van der Waals surface area contributed by atoms with Crippen molar-refractivity contribution in [2.45, 2.75) is 179 Å². The number of hydrogen-bond acceptors (Lipinski definition) is 12. The number of carbonyl (C=O) groups is 8. The molecule has 0 radical (unpaired) electrons. The molecule has 76 heavy (non-hydrogen) atoms. The molecule has 422 valence electrons. The van der Waals surface area contributed by atoms with Crippen LogP contribution in [0.3, 0.4) is 0 Å². The number of carbonyl (C=O) groups excluding carboxylic acids is 8. The van der Waals surface area contributed by atoms with E-state index >= 15 is 0 Å². The first-order chi connectivity index (χ1) is 34.8. The SMILES string of the molecule is CN[C@@H](C)C(=O)N[C@H](C(=O)N1C[C@@H](NC(=O)[C@H](O)[C@@H](O)C(=O)N[C@H]2C[C@@H](C(=O)N[C@@H]3CCCc4ccccc43)N(C(=O)[C@@H](NC(=O)[C@H](C)NC)C(C)(C)C)C2)C[C@H]1C(=O)N[C@@H]1CCCc2ccccc21)C(C)(C)C.Cl.Cl. The number of benzene rings is 2. The minimum absolute atomic E-state index is 0. The fraction of sp³-hybridized carbons (Fsp3) is 0.630. The molecule has 0 aromatic heterocycles. The van der Waals surface area contributed by atoms with Crippen LogP contribution in [0.15, 0.2) is 48.5 Å². The monoisotopic (exact) mass is 1100 g/mol. The molecule has 10 N–H and O–H groups in total. The lowest BCUT2D eigenvalue weighted by Gasteiger charge is -2.36. The van der Waals surface area contributed by atoms with Gasteiger partial charge in [0.25, 0.3) is 11.8 Å². The molecule has 4 aliphatic rings. The molecule has 2 heterocycles. The van der Waals surface area contributed by atoms with Crippen molar-refractivity contribution in [1.29, 1.82) is 0 Å². The van der Waals surface area contributed by atoms with Crippen molar-refractivity contribution < 1.29 is 48.6 Å². The molecule has 2 saturated heterocycles. The number of fused-ring (bicyclic) bond motifs is 2. The first-order valence-electron chi connectivity index (χ1n) is 26.1. The first-order valence-corrected chi connectivity index (χ1v) is 26.1. The summed E-state index contributed by atoms with van der Waals surface area (Å²) in [6, 6.07) is 7.44. The fourth-order valence-electron chi connectivity index (χ4n) is 10.5. The molecule has 22 heteroatoms. The van der Waals surface area contributed by atoms with E-state index in [1.807, 2.05) is 48.5 Å². The van der Waals surface area contributed by atoms with E-state index in [2.05, 4.69) is 42.5 Å². The number of likely N-dealkylation sites (N-methyl/N-ethyl adjacent to an activating group) is 2. The molecule has 2 aliphatic carbocycles. The van der Waals surface area contributed by atoms with E-state index in [0.29, 0.717) is 12.8 Å². The summed E-state index contributed by atoms with van der Waals surface area (Å²) >= 11 is 0. The minimum atomic E-state index is -2.32. The molecule has 20 nitrogen and oxygen atoms in total. The summed E-state index contributed by atoms with van der Waals surface area (Å²) in [7, 11) is 3.23. The van der Waals surface area contributed by atoms with Gasteiger partial charge >= 0.3 is 0 Å². The van der Waals surface area contributed by atoms with Crippen LogP contribution in [0.5, 0.6) is 0 Å². The van der Waals surface area contributed by atoms with Gasteiger partial charge in [-0.2, -0.15) is 0 Å². The Labute approximate surface area is 459 Å². The normalized spacial score (nSPS) is 23.5. The molecule has 6 rings (SSSR count). The van der Waals surface area contributed by atoms with Crippen molar-refractivity contribution in [3.63, 3.8) is 0 Å². The second-order valence-corrected chi connectivity index (χ2v) is 22.7. The molecule has 2 fully saturated rings. The third-order valence-electron chi connectivity index (χ3n) is 15.1. The van der Waals surface area contributed by atoms with Crippen molar-refractivity contribution in [3.8, 4) is 0 Å². The van der Waals surface area contributed by atoms with E-state index in [9.17, 15) is 48.6 Å². The Kier molecular flexibility index (Phi) is 22.3. The van der Waals surface area contributed by atoms with Gasteiger partial charge in [0.15, 0.2) is 12.2 Å². The zero-order valence-corrected chi connectivity index (χ0v) is 47.1. The average molecular weight is 1100 g/mol. The maximum atomic E-state index is 14.6. The molecule has 0 bridgehead atoms. The summed E-state index contributed by atoms with van der Waals surface area (Å²) in [5.41, 5.74) is 2.54. The highest BCUT2D eigenvalue weighted by Gasteiger charge is 2.49. The Morgan fingerprint density at radius 2 is 0.882 bits per heavy atom. The quantitative estimate of drug-likeness (QED) is 0.108. The standard InChI is InChI=1S/C54H80N10O10.2ClH/c1-29(55-9)45(67)61-43(53(3,4)5)51(73)63-27-33(25-39(63)47(69)59-37-23-15-19-31-17-11-13-21-35(31)37)57-49(71)41(65)42(66)50(72)58-34-26-40(48(70)60-38-24-16-20-32-18-12-14-22-36(32)38)64(28-34)52(74)44(54(6,7)8)62-46(68)30(2)56-10;;/h11-14,17-18,21-22,29-30,33-34,37-44,55-56,65-66H,15-16,19-20,23-28H2,1-10H3,(H,57,71)(H,58,72)(H,59,69)(H,60,70)(H,61,67)(H,62,68);2*1H/t29-,30-,33-,34-,37+,38+,39-,40-,41+,42+,43+,44+;;/m0../s1. The molecular formula is C54H82Cl2N10O10. The van der Waals surface area contributed by atoms with Gasteiger partial charge in [0.1, 0.15) is 24.2 Å². The maximum absolute atomic E-state index is 14.6. The van der Waals surface area contributed by atoms with Crippen molar-refractivity contribution in [2.24, 2.45) is 10.8 Å². The lowest BCUT2D eigenvalue weighted by molar-refractivity contribution is -0.147. The van der Waals surface area contributed by atoms with Crippen LogP contribution >= 0.6 is 24.8 Å². The van der Waals surface area contributed by atoms with Crippen molar-refractivity contribution in [1.82, 2.24) is 52.3 Å². The van der Waals surface area contributed by atoms with Crippen molar-refractivity contribution >= 4 is 72.1 Å². The first kappa shape index (κ1) is 63.2. The van der Waals surface area contributed by atoms with Gasteiger partial charge in [-0.3, -0.25) is 38.4 Å². The van der Waals surface area contributed by atoms with Gasteiger partial charge in [-0.25, -0.2) is 0 Å². The van der Waals surface area contributed by atoms with Crippen LogP contribution in [0.25, 0.3) is 0 Å². The second kappa shape index (κ2) is 26.8. The molecule has 12 atom stereocenters. The van der Waals surface area contributed by atoms with E-state index in [4.69, 9.17) is 0 Å². The van der Waals surface area contributed by atoms with Crippen LogP contribution in [0.1, 0.15) is 128 Å². The van der Waals surface area contributed by atoms with Crippen LogP contribution < -0.4 is 42.5 Å². The average Bonchev–Trinajstić information content (AvgIpc) is 4.00. The number of nitrogens with one attached hydrogen (secondary N) is 8. The number of aryl methyl sites for hydroxylation is 2. The number of rotatable bonds is 17. The number of hydrogen-bond donors (Lipinski definition) is 10. The largest absolute Gasteiger partial charge is 0.380 e. The molecule has 0 spiro atoms. The summed E-state index contributed by atoms with van der Waals surface area (Å²) < 4.78 is 0. The van der Waals surface area contributed by atoms with E-state index in [-0.39, 0.29) is 62.8 Å². The molecule has 0 saturated carbocycles. The van der Waals surface area contributed by atoms with Crippen LogP contribution in [-0.4, -0.2) is 155 Å². The number of likely N-dealkylation sites (tertiary alicyclic amines) is 2. The third kappa shape index (κ3) is 15.0. The third-order valence-corrected chi connectivity index (χ3v) is 15.1. The number of nitrogens with zero attached hydrogens (tertiary/aromatic N) is 2. The van der Waals surface area contributed by atoms with Crippen LogP contribution in [-0.2, 0) is 51.2 Å². The Morgan fingerprint density at radius 1 is 0.539 bits per heavy atom. The topological polar surface area (TPSA) is 280 Å². The number of halogens is 2. The second-order valence-electron chi connectivity index (χ2n) is 22.7. The highest BCUT2D eigenvalue weighted by atomic mass is 35.5. The van der Waals surface area contributed by atoms with E-state index in [1.165, 1.54) is 9.80 Å². The zero-order chi connectivity index (χ0) is 54.4. The van der Waals surface area contributed by atoms with Gasteiger partial charge < -0.3 is 62.5 Å². The summed E-state index contributed by atoms with van der Waals surface area (Å²) in [5.74, 6) is -5.22. The number of aliphatic hydroxyl groups is 2. The minimum Gasteiger partial charge on any atom is -0.380 e.